The fraction of sp³-hybridized carbons (Fsp3) is 0.400. The lowest BCUT2D eigenvalue weighted by Crippen LogP contribution is -2.46. The number of amides is 1. The largest absolute Gasteiger partial charge is 0.390 e. The van der Waals surface area contributed by atoms with E-state index in [-0.39, 0.29) is 12.3 Å². The molecule has 2 aromatic carbocycles. The molecular formula is C25H28F2N2O2. The summed E-state index contributed by atoms with van der Waals surface area (Å²) in [6.07, 6.45) is 3.25. The number of nitrogens with zero attached hydrogens (tertiary/aromatic N) is 2. The third-order valence-corrected chi connectivity index (χ3v) is 6.28. The van der Waals surface area contributed by atoms with Crippen molar-refractivity contribution in [3.05, 3.63) is 65.7 Å². The van der Waals surface area contributed by atoms with Crippen molar-refractivity contribution in [3.63, 3.8) is 0 Å². The Labute approximate surface area is 181 Å². The standard InChI is InChI=1S/C25H28F2N2O2/c26-23(27)8-3-13-25(31)14-17-28(18-15-25)24(30)20-9-11-21(12-10-20)29-16-4-6-19-5-1-2-7-22(19)29/h1-2,4-7,9-12,23,31H,3,8,13-18H2. The van der Waals surface area contributed by atoms with Gasteiger partial charge in [-0.15, -0.1) is 0 Å². The molecule has 0 aliphatic carbocycles. The molecule has 6 heteroatoms. The van der Waals surface area contributed by atoms with Crippen molar-refractivity contribution < 1.29 is 18.7 Å². The Kier molecular flexibility index (Phi) is 6.37. The van der Waals surface area contributed by atoms with Gasteiger partial charge in [-0.3, -0.25) is 4.79 Å². The fourth-order valence-electron chi connectivity index (χ4n) is 4.43. The summed E-state index contributed by atoms with van der Waals surface area (Å²) >= 11 is 0. The third-order valence-electron chi connectivity index (χ3n) is 6.28. The Bertz CT molecular complexity index is 935. The summed E-state index contributed by atoms with van der Waals surface area (Å²) in [6, 6.07) is 15.8. The van der Waals surface area contributed by atoms with Gasteiger partial charge in [0.25, 0.3) is 5.91 Å². The van der Waals surface area contributed by atoms with Crippen LogP contribution in [0.4, 0.5) is 20.2 Å². The van der Waals surface area contributed by atoms with Crippen LogP contribution in [0.1, 0.15) is 48.0 Å². The minimum absolute atomic E-state index is 0.0554. The molecule has 0 radical (unpaired) electrons. The first kappa shape index (κ1) is 21.5. The van der Waals surface area contributed by atoms with E-state index in [2.05, 4.69) is 29.2 Å². The van der Waals surface area contributed by atoms with Gasteiger partial charge in [0.1, 0.15) is 0 Å². The monoisotopic (exact) mass is 426 g/mol. The third kappa shape index (κ3) is 4.96. The van der Waals surface area contributed by atoms with Crippen LogP contribution >= 0.6 is 0 Å². The molecule has 1 N–H and O–H groups in total. The highest BCUT2D eigenvalue weighted by molar-refractivity contribution is 5.95. The van der Waals surface area contributed by atoms with Gasteiger partial charge in [0.05, 0.1) is 5.60 Å². The van der Waals surface area contributed by atoms with Crippen LogP contribution in [-0.4, -0.2) is 47.6 Å². The van der Waals surface area contributed by atoms with Crippen LogP contribution in [0, 0.1) is 0 Å². The second-order valence-electron chi connectivity index (χ2n) is 8.42. The van der Waals surface area contributed by atoms with Crippen LogP contribution < -0.4 is 4.90 Å². The van der Waals surface area contributed by atoms with Crippen molar-refractivity contribution >= 4 is 23.4 Å². The first-order valence-corrected chi connectivity index (χ1v) is 10.9. The number of halogens is 2. The van der Waals surface area contributed by atoms with Gasteiger partial charge >= 0.3 is 0 Å². The molecule has 164 valence electrons. The maximum atomic E-state index is 12.9. The SMILES string of the molecule is O=C(c1ccc(N2CC=Cc3ccccc32)cc1)N1CCC(O)(CCCC(F)F)CC1. The number of hydrogen-bond acceptors (Lipinski definition) is 3. The van der Waals surface area contributed by atoms with Gasteiger partial charge in [0.2, 0.25) is 6.43 Å². The molecule has 2 heterocycles. The van der Waals surface area contributed by atoms with E-state index in [0.717, 1.165) is 17.9 Å². The van der Waals surface area contributed by atoms with Gasteiger partial charge in [0.15, 0.2) is 0 Å². The number of benzene rings is 2. The van der Waals surface area contributed by atoms with Gasteiger partial charge in [-0.25, -0.2) is 8.78 Å². The Morgan fingerprint density at radius 2 is 1.77 bits per heavy atom. The topological polar surface area (TPSA) is 43.8 Å². The van der Waals surface area contributed by atoms with E-state index in [0.29, 0.717) is 44.3 Å². The number of anilines is 2. The number of carbonyl (C=O) groups excluding carboxylic acids is 1. The summed E-state index contributed by atoms with van der Waals surface area (Å²) in [5.74, 6) is -0.0554. The van der Waals surface area contributed by atoms with Crippen LogP contribution in [0.5, 0.6) is 0 Å². The van der Waals surface area contributed by atoms with Crippen molar-refractivity contribution in [1.29, 1.82) is 0 Å². The van der Waals surface area contributed by atoms with E-state index < -0.39 is 12.0 Å². The molecule has 0 spiro atoms. The molecule has 4 nitrogen and oxygen atoms in total. The molecule has 0 bridgehead atoms. The maximum absolute atomic E-state index is 12.9. The van der Waals surface area contributed by atoms with E-state index in [1.54, 1.807) is 4.90 Å². The number of fused-ring (bicyclic) bond motifs is 1. The molecule has 2 aromatic rings. The summed E-state index contributed by atoms with van der Waals surface area (Å²) in [5.41, 5.74) is 3.02. The van der Waals surface area contributed by atoms with Crippen LogP contribution in [0.3, 0.4) is 0 Å². The first-order valence-electron chi connectivity index (χ1n) is 10.9. The molecule has 1 fully saturated rings. The number of piperidine rings is 1. The van der Waals surface area contributed by atoms with Crippen molar-refractivity contribution in [2.75, 3.05) is 24.5 Å². The Morgan fingerprint density at radius 3 is 2.48 bits per heavy atom. The van der Waals surface area contributed by atoms with Crippen molar-refractivity contribution in [2.24, 2.45) is 0 Å². The van der Waals surface area contributed by atoms with Crippen molar-refractivity contribution in [2.45, 2.75) is 44.1 Å². The van der Waals surface area contributed by atoms with Crippen LogP contribution in [0.25, 0.3) is 6.08 Å². The number of alkyl halides is 2. The molecule has 4 rings (SSSR count). The lowest BCUT2D eigenvalue weighted by atomic mass is 9.86. The number of para-hydroxylation sites is 1. The molecular weight excluding hydrogens is 398 g/mol. The van der Waals surface area contributed by atoms with Crippen molar-refractivity contribution in [1.82, 2.24) is 4.90 Å². The van der Waals surface area contributed by atoms with E-state index in [4.69, 9.17) is 0 Å². The lowest BCUT2D eigenvalue weighted by Gasteiger charge is -2.38. The van der Waals surface area contributed by atoms with E-state index in [1.165, 1.54) is 5.56 Å². The fourth-order valence-corrected chi connectivity index (χ4v) is 4.43. The van der Waals surface area contributed by atoms with Crippen molar-refractivity contribution in [3.8, 4) is 0 Å². The summed E-state index contributed by atoms with van der Waals surface area (Å²) in [4.78, 5) is 16.9. The molecule has 0 aromatic heterocycles. The van der Waals surface area contributed by atoms with E-state index in [1.807, 2.05) is 36.4 Å². The number of carbonyl (C=O) groups is 1. The lowest BCUT2D eigenvalue weighted by molar-refractivity contribution is -0.0269. The molecule has 0 atom stereocenters. The predicted octanol–water partition coefficient (Wildman–Crippen LogP) is 5.25. The average Bonchev–Trinajstić information content (AvgIpc) is 2.78. The molecule has 2 aliphatic heterocycles. The van der Waals surface area contributed by atoms with Gasteiger partial charge < -0.3 is 14.9 Å². The van der Waals surface area contributed by atoms with Crippen LogP contribution in [0.15, 0.2) is 54.6 Å². The molecule has 1 amide bonds. The summed E-state index contributed by atoms with van der Waals surface area (Å²) in [6.45, 7) is 1.66. The normalized spacial score (nSPS) is 17.7. The summed E-state index contributed by atoms with van der Waals surface area (Å²) in [7, 11) is 0. The highest BCUT2D eigenvalue weighted by Crippen LogP contribution is 2.33. The molecule has 0 unspecified atom stereocenters. The first-order chi connectivity index (χ1) is 15.0. The van der Waals surface area contributed by atoms with Gasteiger partial charge in [-0.1, -0.05) is 30.4 Å². The quantitative estimate of drug-likeness (QED) is 0.686. The highest BCUT2D eigenvalue weighted by atomic mass is 19.3. The van der Waals surface area contributed by atoms with Gasteiger partial charge in [-0.2, -0.15) is 0 Å². The zero-order valence-corrected chi connectivity index (χ0v) is 17.5. The maximum Gasteiger partial charge on any atom is 0.253 e. The highest BCUT2D eigenvalue weighted by Gasteiger charge is 2.34. The summed E-state index contributed by atoms with van der Waals surface area (Å²) < 4.78 is 24.7. The van der Waals surface area contributed by atoms with Gasteiger partial charge in [-0.05, 0) is 61.6 Å². The molecule has 0 saturated carbocycles. The zero-order valence-electron chi connectivity index (χ0n) is 17.5. The Balaban J connectivity index is 1.37. The summed E-state index contributed by atoms with van der Waals surface area (Å²) in [5, 5.41) is 10.6. The number of hydrogen-bond donors (Lipinski definition) is 1. The second kappa shape index (κ2) is 9.18. The number of likely N-dealkylation sites (tertiary alicyclic amines) is 1. The van der Waals surface area contributed by atoms with E-state index >= 15 is 0 Å². The minimum atomic E-state index is -2.33. The molecule has 31 heavy (non-hydrogen) atoms. The van der Waals surface area contributed by atoms with Crippen LogP contribution in [-0.2, 0) is 0 Å². The zero-order chi connectivity index (χ0) is 21.8. The number of rotatable bonds is 6. The minimum Gasteiger partial charge on any atom is -0.390 e. The van der Waals surface area contributed by atoms with Gasteiger partial charge in [0, 0.05) is 43.0 Å². The Morgan fingerprint density at radius 1 is 1.06 bits per heavy atom. The molecule has 2 aliphatic rings. The predicted molar refractivity (Wildman–Crippen MR) is 119 cm³/mol. The van der Waals surface area contributed by atoms with E-state index in [9.17, 15) is 18.7 Å². The molecule has 1 saturated heterocycles. The smallest absolute Gasteiger partial charge is 0.253 e. The van der Waals surface area contributed by atoms with Crippen LogP contribution in [0.2, 0.25) is 0 Å². The average molecular weight is 427 g/mol. The second-order valence-corrected chi connectivity index (χ2v) is 8.42. The Hall–Kier alpha value is -2.73. The number of aliphatic hydroxyl groups is 1.